The summed E-state index contributed by atoms with van der Waals surface area (Å²) < 4.78 is 59.4. The van der Waals surface area contributed by atoms with Crippen molar-refractivity contribution in [1.82, 2.24) is 4.83 Å². The molecule has 1 N–H and O–H groups in total. The molecule has 0 radical (unpaired) electrons. The van der Waals surface area contributed by atoms with Gasteiger partial charge in [0, 0.05) is 5.56 Å². The van der Waals surface area contributed by atoms with E-state index in [-0.39, 0.29) is 22.0 Å². The van der Waals surface area contributed by atoms with Gasteiger partial charge in [0.2, 0.25) is 0 Å². The first-order chi connectivity index (χ1) is 12.2. The van der Waals surface area contributed by atoms with E-state index in [1.54, 1.807) is 26.0 Å². The summed E-state index contributed by atoms with van der Waals surface area (Å²) in [5.41, 5.74) is 1.47. The molecular formula is C17H18F2N2O4S. The molecule has 140 valence electrons. The van der Waals surface area contributed by atoms with Crippen LogP contribution in [0, 0.1) is 13.8 Å². The van der Waals surface area contributed by atoms with Crippen LogP contribution in [-0.2, 0) is 10.0 Å². The van der Waals surface area contributed by atoms with Crippen molar-refractivity contribution in [3.05, 3.63) is 53.1 Å². The van der Waals surface area contributed by atoms with Gasteiger partial charge in [-0.1, -0.05) is 18.2 Å². The summed E-state index contributed by atoms with van der Waals surface area (Å²) in [6, 6.07) is 9.42. The molecule has 0 saturated heterocycles. The molecule has 0 heterocycles. The minimum atomic E-state index is -3.90. The Morgan fingerprint density at radius 2 is 1.92 bits per heavy atom. The lowest BCUT2D eigenvalue weighted by atomic mass is 10.2. The van der Waals surface area contributed by atoms with Gasteiger partial charge in [0.25, 0.3) is 10.0 Å². The SMILES string of the molecule is COc1cccc(/C=N\NS(=O)(=O)c2cc(C)ccc2C)c1OC(F)F. The number of ether oxygens (including phenoxy) is 2. The molecule has 0 amide bonds. The van der Waals surface area contributed by atoms with Gasteiger partial charge in [-0.3, -0.25) is 0 Å². The third kappa shape index (κ3) is 4.69. The Balaban J connectivity index is 2.29. The Morgan fingerprint density at radius 1 is 1.19 bits per heavy atom. The van der Waals surface area contributed by atoms with Gasteiger partial charge in [0.05, 0.1) is 18.2 Å². The number of hydrogen-bond acceptors (Lipinski definition) is 5. The number of aryl methyl sites for hydroxylation is 2. The van der Waals surface area contributed by atoms with Crippen molar-refractivity contribution in [3.63, 3.8) is 0 Å². The quantitative estimate of drug-likeness (QED) is 0.587. The third-order valence-corrected chi connectivity index (χ3v) is 4.81. The third-order valence-electron chi connectivity index (χ3n) is 3.45. The number of rotatable bonds is 7. The predicted molar refractivity (Wildman–Crippen MR) is 93.5 cm³/mol. The molecule has 0 atom stereocenters. The fourth-order valence-electron chi connectivity index (χ4n) is 2.22. The van der Waals surface area contributed by atoms with Crippen LogP contribution >= 0.6 is 0 Å². The molecule has 0 fully saturated rings. The van der Waals surface area contributed by atoms with Gasteiger partial charge in [0.15, 0.2) is 11.5 Å². The highest BCUT2D eigenvalue weighted by Gasteiger charge is 2.17. The fraction of sp³-hybridized carbons (Fsp3) is 0.235. The van der Waals surface area contributed by atoms with Gasteiger partial charge >= 0.3 is 6.61 Å². The Kier molecular flexibility index (Phi) is 6.14. The largest absolute Gasteiger partial charge is 0.493 e. The Bertz CT molecular complexity index is 915. The Morgan fingerprint density at radius 3 is 2.58 bits per heavy atom. The van der Waals surface area contributed by atoms with E-state index in [1.807, 2.05) is 0 Å². The molecule has 0 unspecified atom stereocenters. The summed E-state index contributed by atoms with van der Waals surface area (Å²) in [6.45, 7) is 0.366. The number of sulfonamides is 1. The van der Waals surface area contributed by atoms with Gasteiger partial charge in [0.1, 0.15) is 0 Å². The van der Waals surface area contributed by atoms with Gasteiger partial charge in [-0.15, -0.1) is 0 Å². The van der Waals surface area contributed by atoms with Crippen LogP contribution in [0.4, 0.5) is 8.78 Å². The lowest BCUT2D eigenvalue weighted by Gasteiger charge is -2.12. The molecule has 2 rings (SSSR count). The molecule has 0 aliphatic carbocycles. The number of nitrogens with one attached hydrogen (secondary N) is 1. The number of methoxy groups -OCH3 is 1. The maximum Gasteiger partial charge on any atom is 0.387 e. The lowest BCUT2D eigenvalue weighted by molar-refractivity contribution is -0.0513. The van der Waals surface area contributed by atoms with E-state index >= 15 is 0 Å². The van der Waals surface area contributed by atoms with Crippen molar-refractivity contribution in [2.75, 3.05) is 7.11 Å². The number of hydrazone groups is 1. The first kappa shape index (κ1) is 19.6. The van der Waals surface area contributed by atoms with Gasteiger partial charge in [-0.2, -0.15) is 22.3 Å². The van der Waals surface area contributed by atoms with Crippen LogP contribution in [0.2, 0.25) is 0 Å². The van der Waals surface area contributed by atoms with Crippen molar-refractivity contribution in [1.29, 1.82) is 0 Å². The number of hydrogen-bond donors (Lipinski definition) is 1. The van der Waals surface area contributed by atoms with Crippen LogP contribution in [0.5, 0.6) is 11.5 Å². The van der Waals surface area contributed by atoms with Crippen molar-refractivity contribution in [2.45, 2.75) is 25.4 Å². The fourth-order valence-corrected chi connectivity index (χ4v) is 3.34. The van der Waals surface area contributed by atoms with E-state index in [2.05, 4.69) is 14.7 Å². The summed E-state index contributed by atoms with van der Waals surface area (Å²) in [7, 11) is -2.60. The van der Waals surface area contributed by atoms with E-state index < -0.39 is 16.6 Å². The number of para-hydroxylation sites is 1. The number of benzene rings is 2. The normalized spacial score (nSPS) is 11.8. The van der Waals surface area contributed by atoms with Gasteiger partial charge in [-0.05, 0) is 43.2 Å². The van der Waals surface area contributed by atoms with Crippen molar-refractivity contribution in [2.24, 2.45) is 5.10 Å². The molecule has 0 spiro atoms. The van der Waals surface area contributed by atoms with E-state index in [0.29, 0.717) is 5.56 Å². The summed E-state index contributed by atoms with van der Waals surface area (Å²) >= 11 is 0. The first-order valence-corrected chi connectivity index (χ1v) is 8.97. The maximum atomic E-state index is 12.6. The average molecular weight is 384 g/mol. The van der Waals surface area contributed by atoms with Crippen LogP contribution in [0.15, 0.2) is 46.4 Å². The van der Waals surface area contributed by atoms with E-state index in [9.17, 15) is 17.2 Å². The highest BCUT2D eigenvalue weighted by Crippen LogP contribution is 2.31. The second kappa shape index (κ2) is 8.13. The van der Waals surface area contributed by atoms with Crippen molar-refractivity contribution in [3.8, 4) is 11.5 Å². The van der Waals surface area contributed by atoms with E-state index in [1.165, 1.54) is 31.4 Å². The lowest BCUT2D eigenvalue weighted by Crippen LogP contribution is -2.19. The zero-order chi connectivity index (χ0) is 19.3. The van der Waals surface area contributed by atoms with Gasteiger partial charge in [-0.25, -0.2) is 4.83 Å². The zero-order valence-corrected chi connectivity index (χ0v) is 15.2. The van der Waals surface area contributed by atoms with Crippen molar-refractivity contribution >= 4 is 16.2 Å². The zero-order valence-electron chi connectivity index (χ0n) is 14.4. The molecular weight excluding hydrogens is 366 g/mol. The number of halogens is 2. The Hall–Kier alpha value is -2.68. The molecule has 2 aromatic rings. The summed E-state index contributed by atoms with van der Waals surface area (Å²) in [4.78, 5) is 2.16. The molecule has 9 heteroatoms. The highest BCUT2D eigenvalue weighted by atomic mass is 32.2. The van der Waals surface area contributed by atoms with Crippen molar-refractivity contribution < 1.29 is 26.7 Å². The van der Waals surface area contributed by atoms with E-state index in [4.69, 9.17) is 4.74 Å². The standard InChI is InChI=1S/C17H18F2N2O4S/c1-11-7-8-12(2)15(9-11)26(22,23)21-20-10-13-5-4-6-14(24-3)16(13)25-17(18)19/h4-10,17,21H,1-3H3/b20-10-. The van der Waals surface area contributed by atoms with Crippen LogP contribution in [0.3, 0.4) is 0 Å². The molecule has 2 aromatic carbocycles. The average Bonchev–Trinajstić information content (AvgIpc) is 2.57. The first-order valence-electron chi connectivity index (χ1n) is 7.48. The summed E-state index contributed by atoms with van der Waals surface area (Å²) in [5, 5.41) is 3.66. The molecule has 0 saturated carbocycles. The minimum Gasteiger partial charge on any atom is -0.493 e. The smallest absolute Gasteiger partial charge is 0.387 e. The van der Waals surface area contributed by atoms with Gasteiger partial charge < -0.3 is 9.47 Å². The number of nitrogens with zero attached hydrogens (tertiary/aromatic N) is 1. The topological polar surface area (TPSA) is 77.0 Å². The molecule has 26 heavy (non-hydrogen) atoms. The maximum absolute atomic E-state index is 12.6. The molecule has 6 nitrogen and oxygen atoms in total. The van der Waals surface area contributed by atoms with Crippen LogP contribution < -0.4 is 14.3 Å². The second-order valence-electron chi connectivity index (χ2n) is 5.38. The van der Waals surface area contributed by atoms with E-state index in [0.717, 1.165) is 11.8 Å². The highest BCUT2D eigenvalue weighted by molar-refractivity contribution is 7.89. The van der Waals surface area contributed by atoms with Crippen LogP contribution in [-0.4, -0.2) is 28.4 Å². The van der Waals surface area contributed by atoms with Crippen LogP contribution in [0.25, 0.3) is 0 Å². The molecule has 0 aliphatic heterocycles. The molecule has 0 aromatic heterocycles. The molecule has 0 bridgehead atoms. The monoisotopic (exact) mass is 384 g/mol. The van der Waals surface area contributed by atoms with Crippen LogP contribution in [0.1, 0.15) is 16.7 Å². The number of alkyl halides is 2. The minimum absolute atomic E-state index is 0.0756. The second-order valence-corrected chi connectivity index (χ2v) is 7.01. The molecule has 0 aliphatic rings. The predicted octanol–water partition coefficient (Wildman–Crippen LogP) is 3.23. The summed E-state index contributed by atoms with van der Waals surface area (Å²) in [5.74, 6) is -0.161. The Labute approximate surface area is 150 Å². The summed E-state index contributed by atoms with van der Waals surface area (Å²) in [6.07, 6.45) is 1.07.